The molecule has 0 amide bonds. The second-order valence-electron chi connectivity index (χ2n) is 7.97. The topological polar surface area (TPSA) is 30.2 Å². The van der Waals surface area contributed by atoms with E-state index in [1.54, 1.807) is 12.5 Å². The summed E-state index contributed by atoms with van der Waals surface area (Å²) >= 11 is 0. The molecule has 0 bridgehead atoms. The fraction of sp³-hybridized carbons (Fsp3) is 0.550. The van der Waals surface area contributed by atoms with E-state index in [2.05, 4.69) is 39.8 Å². The third-order valence-corrected chi connectivity index (χ3v) is 5.86. The summed E-state index contributed by atoms with van der Waals surface area (Å²) in [7, 11) is 0. The molecule has 22 heavy (non-hydrogen) atoms. The second kappa shape index (κ2) is 5.26. The molecule has 1 aromatic heterocycles. The molecule has 1 fully saturated rings. The summed E-state index contributed by atoms with van der Waals surface area (Å²) in [5, 5.41) is 0. The highest BCUT2D eigenvalue weighted by atomic mass is 16.3. The van der Waals surface area contributed by atoms with Crippen molar-refractivity contribution in [2.45, 2.75) is 47.0 Å². The number of furan rings is 1. The SMILES string of the molecule is CC1=CC(=O)[C@@H]2C(C)(C)CCC[C@@]2(C)[C@H]1C=Cc1ccoc1. The van der Waals surface area contributed by atoms with E-state index in [0.717, 1.165) is 18.4 Å². The van der Waals surface area contributed by atoms with Crippen LogP contribution in [-0.2, 0) is 4.79 Å². The highest BCUT2D eigenvalue weighted by Gasteiger charge is 2.54. The molecule has 0 radical (unpaired) electrons. The maximum atomic E-state index is 12.7. The minimum atomic E-state index is 0.0257. The van der Waals surface area contributed by atoms with Gasteiger partial charge in [0.15, 0.2) is 5.78 Å². The molecular weight excluding hydrogens is 272 g/mol. The Bertz CT molecular complexity index is 618. The van der Waals surface area contributed by atoms with Gasteiger partial charge in [-0.05, 0) is 42.7 Å². The van der Waals surface area contributed by atoms with E-state index in [-0.39, 0.29) is 16.7 Å². The molecule has 0 aliphatic heterocycles. The van der Waals surface area contributed by atoms with E-state index in [9.17, 15) is 4.79 Å². The molecule has 0 unspecified atom stereocenters. The number of carbonyl (C=O) groups is 1. The van der Waals surface area contributed by atoms with Crippen LogP contribution in [0.5, 0.6) is 0 Å². The van der Waals surface area contributed by atoms with E-state index in [1.807, 2.05) is 12.1 Å². The summed E-state index contributed by atoms with van der Waals surface area (Å²) in [6.45, 7) is 8.94. The summed E-state index contributed by atoms with van der Waals surface area (Å²) < 4.78 is 5.14. The summed E-state index contributed by atoms with van der Waals surface area (Å²) in [6.07, 6.45) is 13.2. The van der Waals surface area contributed by atoms with E-state index >= 15 is 0 Å². The fourth-order valence-corrected chi connectivity index (χ4v) is 5.02. The molecule has 2 aliphatic carbocycles. The molecule has 0 spiro atoms. The van der Waals surface area contributed by atoms with Gasteiger partial charge >= 0.3 is 0 Å². The number of hydrogen-bond donors (Lipinski definition) is 0. The van der Waals surface area contributed by atoms with Gasteiger partial charge in [0.2, 0.25) is 0 Å². The molecule has 1 saturated carbocycles. The molecule has 1 aromatic rings. The number of hydrogen-bond acceptors (Lipinski definition) is 2. The first kappa shape index (κ1) is 15.3. The molecule has 118 valence electrons. The molecule has 0 aromatic carbocycles. The van der Waals surface area contributed by atoms with Crippen molar-refractivity contribution in [3.63, 3.8) is 0 Å². The van der Waals surface area contributed by atoms with Crippen LogP contribution < -0.4 is 0 Å². The Labute approximate surface area is 133 Å². The molecule has 2 nitrogen and oxygen atoms in total. The van der Waals surface area contributed by atoms with Gasteiger partial charge in [0.1, 0.15) is 0 Å². The van der Waals surface area contributed by atoms with Crippen molar-refractivity contribution < 1.29 is 9.21 Å². The van der Waals surface area contributed by atoms with Crippen LogP contribution in [0, 0.1) is 22.7 Å². The highest BCUT2D eigenvalue weighted by Crippen LogP contribution is 2.58. The molecule has 3 atom stereocenters. The summed E-state index contributed by atoms with van der Waals surface area (Å²) in [5.41, 5.74) is 2.39. The minimum absolute atomic E-state index is 0.0257. The second-order valence-corrected chi connectivity index (χ2v) is 7.97. The van der Waals surface area contributed by atoms with Gasteiger partial charge < -0.3 is 4.42 Å². The Morgan fingerprint density at radius 1 is 1.27 bits per heavy atom. The molecular formula is C20H26O2. The van der Waals surface area contributed by atoms with Crippen LogP contribution in [0.25, 0.3) is 6.08 Å². The number of allylic oxidation sites excluding steroid dienone is 3. The Morgan fingerprint density at radius 3 is 2.73 bits per heavy atom. The normalized spacial score (nSPS) is 34.5. The van der Waals surface area contributed by atoms with Crippen molar-refractivity contribution in [1.29, 1.82) is 0 Å². The summed E-state index contributed by atoms with van der Waals surface area (Å²) in [6, 6.07) is 1.97. The van der Waals surface area contributed by atoms with Crippen molar-refractivity contribution in [3.8, 4) is 0 Å². The van der Waals surface area contributed by atoms with Gasteiger partial charge in [0.25, 0.3) is 0 Å². The number of rotatable bonds is 2. The van der Waals surface area contributed by atoms with Gasteiger partial charge in [-0.3, -0.25) is 4.79 Å². The average Bonchev–Trinajstić information content (AvgIpc) is 2.89. The summed E-state index contributed by atoms with van der Waals surface area (Å²) in [5.74, 6) is 0.777. The average molecular weight is 298 g/mol. The van der Waals surface area contributed by atoms with Crippen LogP contribution in [0.15, 0.2) is 40.7 Å². The molecule has 0 N–H and O–H groups in total. The first-order valence-corrected chi connectivity index (χ1v) is 8.27. The van der Waals surface area contributed by atoms with Gasteiger partial charge in [-0.1, -0.05) is 44.9 Å². The van der Waals surface area contributed by atoms with E-state index in [0.29, 0.717) is 11.7 Å². The van der Waals surface area contributed by atoms with Gasteiger partial charge in [-0.15, -0.1) is 0 Å². The molecule has 2 heteroatoms. The Hall–Kier alpha value is -1.57. The Morgan fingerprint density at radius 2 is 2.05 bits per heavy atom. The van der Waals surface area contributed by atoms with Crippen LogP contribution >= 0.6 is 0 Å². The lowest BCUT2D eigenvalue weighted by Gasteiger charge is -2.55. The van der Waals surface area contributed by atoms with Crippen molar-refractivity contribution in [1.82, 2.24) is 0 Å². The smallest absolute Gasteiger partial charge is 0.159 e. The zero-order valence-electron chi connectivity index (χ0n) is 14.1. The molecule has 0 saturated heterocycles. The lowest BCUT2D eigenvalue weighted by atomic mass is 9.48. The monoisotopic (exact) mass is 298 g/mol. The van der Waals surface area contributed by atoms with E-state index in [4.69, 9.17) is 4.42 Å². The van der Waals surface area contributed by atoms with Crippen LogP contribution in [0.3, 0.4) is 0 Å². The zero-order valence-corrected chi connectivity index (χ0v) is 14.1. The number of carbonyl (C=O) groups excluding carboxylic acids is 1. The van der Waals surface area contributed by atoms with Crippen molar-refractivity contribution in [3.05, 3.63) is 41.9 Å². The van der Waals surface area contributed by atoms with Crippen molar-refractivity contribution >= 4 is 11.9 Å². The van der Waals surface area contributed by atoms with E-state index in [1.165, 1.54) is 12.0 Å². The number of fused-ring (bicyclic) bond motifs is 1. The van der Waals surface area contributed by atoms with Crippen LogP contribution in [0.2, 0.25) is 0 Å². The minimum Gasteiger partial charge on any atom is -0.472 e. The third-order valence-electron chi connectivity index (χ3n) is 5.86. The number of ketones is 1. The lowest BCUT2D eigenvalue weighted by molar-refractivity contribution is -0.134. The fourth-order valence-electron chi connectivity index (χ4n) is 5.02. The quantitative estimate of drug-likeness (QED) is 0.744. The molecule has 1 heterocycles. The van der Waals surface area contributed by atoms with Crippen molar-refractivity contribution in [2.24, 2.45) is 22.7 Å². The van der Waals surface area contributed by atoms with Crippen LogP contribution in [0.4, 0.5) is 0 Å². The summed E-state index contributed by atoms with van der Waals surface area (Å²) in [4.78, 5) is 12.7. The highest BCUT2D eigenvalue weighted by molar-refractivity contribution is 5.95. The standard InChI is InChI=1S/C20H26O2/c1-14-12-17(21)18-19(2,3)9-5-10-20(18,4)16(14)7-6-15-8-11-22-13-15/h6-8,11-13,16,18H,5,9-10H2,1-4H3/t16-,18+,20-/m0/s1. The zero-order chi connectivity index (χ0) is 16.0. The molecule has 2 aliphatic rings. The van der Waals surface area contributed by atoms with Gasteiger partial charge in [0.05, 0.1) is 12.5 Å². The first-order valence-electron chi connectivity index (χ1n) is 8.27. The largest absolute Gasteiger partial charge is 0.472 e. The Balaban J connectivity index is 2.01. The van der Waals surface area contributed by atoms with E-state index < -0.39 is 0 Å². The van der Waals surface area contributed by atoms with Gasteiger partial charge in [-0.2, -0.15) is 0 Å². The van der Waals surface area contributed by atoms with Crippen LogP contribution in [-0.4, -0.2) is 5.78 Å². The predicted molar refractivity (Wildman–Crippen MR) is 89.2 cm³/mol. The maximum absolute atomic E-state index is 12.7. The van der Waals surface area contributed by atoms with Crippen LogP contribution in [0.1, 0.15) is 52.5 Å². The predicted octanol–water partition coefficient (Wildman–Crippen LogP) is 5.27. The first-order chi connectivity index (χ1) is 10.3. The Kier molecular flexibility index (Phi) is 3.66. The van der Waals surface area contributed by atoms with Gasteiger partial charge in [-0.25, -0.2) is 0 Å². The van der Waals surface area contributed by atoms with Crippen molar-refractivity contribution in [2.75, 3.05) is 0 Å². The lowest BCUT2D eigenvalue weighted by Crippen LogP contribution is -2.52. The van der Waals surface area contributed by atoms with Gasteiger partial charge in [0, 0.05) is 17.4 Å². The third kappa shape index (κ3) is 2.39. The molecule has 3 rings (SSSR count). The maximum Gasteiger partial charge on any atom is 0.159 e.